The van der Waals surface area contributed by atoms with Crippen LogP contribution in [0.15, 0.2) is 0 Å². The molecule has 0 aromatic carbocycles. The first-order valence-electron chi connectivity index (χ1n) is 8.27. The van der Waals surface area contributed by atoms with Crippen LogP contribution in [0.5, 0.6) is 0 Å². The summed E-state index contributed by atoms with van der Waals surface area (Å²) in [4.78, 5) is 2.79. The van der Waals surface area contributed by atoms with Crippen LogP contribution in [0.4, 0.5) is 0 Å². The molecule has 106 valence electrons. The third-order valence-electron chi connectivity index (χ3n) is 4.89. The molecule has 0 aromatic heterocycles. The summed E-state index contributed by atoms with van der Waals surface area (Å²) in [5.41, 5.74) is 6.43. The number of nitrogens with two attached hydrogens (primary N) is 1. The summed E-state index contributed by atoms with van der Waals surface area (Å²) in [6, 6.07) is 2.01. The average Bonchev–Trinajstić information content (AvgIpc) is 3.18. The van der Waals surface area contributed by atoms with E-state index >= 15 is 0 Å². The van der Waals surface area contributed by atoms with Gasteiger partial charge in [-0.1, -0.05) is 33.1 Å². The van der Waals surface area contributed by atoms with Gasteiger partial charge in [-0.3, -0.25) is 4.90 Å². The molecule has 0 amide bonds. The van der Waals surface area contributed by atoms with Crippen molar-refractivity contribution in [2.75, 3.05) is 6.54 Å². The summed E-state index contributed by atoms with van der Waals surface area (Å²) in [6.07, 6.45) is 12.2. The van der Waals surface area contributed by atoms with Crippen molar-refractivity contribution in [3.8, 4) is 0 Å². The van der Waals surface area contributed by atoms with E-state index in [1.54, 1.807) is 0 Å². The average molecular weight is 252 g/mol. The molecule has 0 aliphatic heterocycles. The molecule has 0 bridgehead atoms. The number of unbranched alkanes of at least 4 members (excludes halogenated alkanes) is 1. The van der Waals surface area contributed by atoms with Gasteiger partial charge in [0.25, 0.3) is 0 Å². The zero-order valence-corrected chi connectivity index (χ0v) is 12.4. The van der Waals surface area contributed by atoms with Crippen LogP contribution in [0, 0.1) is 5.92 Å². The minimum atomic E-state index is 0.440. The monoisotopic (exact) mass is 252 g/mol. The molecule has 0 spiro atoms. The predicted molar refractivity (Wildman–Crippen MR) is 78.6 cm³/mol. The molecule has 2 aliphatic rings. The molecular formula is C16H32N2. The molecule has 2 nitrogen and oxygen atoms in total. The van der Waals surface area contributed by atoms with Gasteiger partial charge in [0, 0.05) is 18.1 Å². The molecular weight excluding hydrogens is 220 g/mol. The third kappa shape index (κ3) is 3.71. The van der Waals surface area contributed by atoms with Crippen LogP contribution in [0.25, 0.3) is 0 Å². The molecule has 18 heavy (non-hydrogen) atoms. The van der Waals surface area contributed by atoms with Gasteiger partial charge in [-0.25, -0.2) is 0 Å². The van der Waals surface area contributed by atoms with Gasteiger partial charge in [-0.05, 0) is 51.0 Å². The summed E-state index contributed by atoms with van der Waals surface area (Å²) in [7, 11) is 0. The quantitative estimate of drug-likeness (QED) is 0.751. The summed E-state index contributed by atoms with van der Waals surface area (Å²) < 4.78 is 0. The fourth-order valence-electron chi connectivity index (χ4n) is 3.67. The van der Waals surface area contributed by atoms with Crippen molar-refractivity contribution in [2.24, 2.45) is 11.7 Å². The van der Waals surface area contributed by atoms with E-state index in [-0.39, 0.29) is 0 Å². The number of rotatable bonds is 7. The zero-order chi connectivity index (χ0) is 13.0. The van der Waals surface area contributed by atoms with Gasteiger partial charge in [0.1, 0.15) is 0 Å². The van der Waals surface area contributed by atoms with Crippen molar-refractivity contribution in [3.05, 3.63) is 0 Å². The summed E-state index contributed by atoms with van der Waals surface area (Å²) >= 11 is 0. The summed E-state index contributed by atoms with van der Waals surface area (Å²) in [5.74, 6) is 0.947. The smallest absolute Gasteiger partial charge is 0.0252 e. The van der Waals surface area contributed by atoms with Gasteiger partial charge in [-0.2, -0.15) is 0 Å². The Balaban J connectivity index is 1.92. The maximum atomic E-state index is 6.43. The second-order valence-electron chi connectivity index (χ2n) is 6.52. The molecule has 2 fully saturated rings. The maximum Gasteiger partial charge on any atom is 0.0252 e. The maximum absolute atomic E-state index is 6.43. The van der Waals surface area contributed by atoms with Gasteiger partial charge >= 0.3 is 0 Å². The highest BCUT2D eigenvalue weighted by Gasteiger charge is 2.38. The van der Waals surface area contributed by atoms with Gasteiger partial charge in [0.15, 0.2) is 0 Å². The molecule has 0 radical (unpaired) electrons. The van der Waals surface area contributed by atoms with E-state index in [9.17, 15) is 0 Å². The summed E-state index contributed by atoms with van der Waals surface area (Å²) in [5, 5.41) is 0. The van der Waals surface area contributed by atoms with Crippen molar-refractivity contribution < 1.29 is 0 Å². The van der Waals surface area contributed by atoms with Crippen LogP contribution in [-0.2, 0) is 0 Å². The molecule has 3 atom stereocenters. The van der Waals surface area contributed by atoms with Crippen LogP contribution in [0.2, 0.25) is 0 Å². The summed E-state index contributed by atoms with van der Waals surface area (Å²) in [6.45, 7) is 5.91. The third-order valence-corrected chi connectivity index (χ3v) is 4.89. The Morgan fingerprint density at radius 3 is 2.44 bits per heavy atom. The van der Waals surface area contributed by atoms with Crippen molar-refractivity contribution >= 4 is 0 Å². The van der Waals surface area contributed by atoms with Crippen LogP contribution in [-0.4, -0.2) is 29.6 Å². The minimum Gasteiger partial charge on any atom is -0.326 e. The van der Waals surface area contributed by atoms with Gasteiger partial charge < -0.3 is 5.73 Å². The van der Waals surface area contributed by atoms with E-state index in [1.807, 2.05) is 0 Å². The molecule has 0 aromatic rings. The van der Waals surface area contributed by atoms with Gasteiger partial charge in [-0.15, -0.1) is 0 Å². The van der Waals surface area contributed by atoms with E-state index in [2.05, 4.69) is 18.7 Å². The standard InChI is InChI=1S/C16H32N2/c1-3-5-11-18(14-8-9-14)16-12-13(6-4-2)7-10-15(16)17/h13-16H,3-12,17H2,1-2H3. The Morgan fingerprint density at radius 2 is 1.83 bits per heavy atom. The van der Waals surface area contributed by atoms with Crippen molar-refractivity contribution in [2.45, 2.75) is 89.8 Å². The fraction of sp³-hybridized carbons (Fsp3) is 1.00. The molecule has 2 aliphatic carbocycles. The Bertz CT molecular complexity index is 237. The van der Waals surface area contributed by atoms with Crippen LogP contribution in [0.1, 0.15) is 71.6 Å². The lowest BCUT2D eigenvalue weighted by Crippen LogP contribution is -2.52. The van der Waals surface area contributed by atoms with E-state index in [0.29, 0.717) is 12.1 Å². The molecule has 2 rings (SSSR count). The second-order valence-corrected chi connectivity index (χ2v) is 6.52. The van der Waals surface area contributed by atoms with Crippen molar-refractivity contribution in [3.63, 3.8) is 0 Å². The second kappa shape index (κ2) is 6.91. The number of hydrogen-bond acceptors (Lipinski definition) is 2. The molecule has 2 saturated carbocycles. The van der Waals surface area contributed by atoms with Crippen LogP contribution >= 0.6 is 0 Å². The highest BCUT2D eigenvalue weighted by Crippen LogP contribution is 2.36. The molecule has 2 N–H and O–H groups in total. The van der Waals surface area contributed by atoms with E-state index in [0.717, 1.165) is 12.0 Å². The fourth-order valence-corrected chi connectivity index (χ4v) is 3.67. The Kier molecular flexibility index (Phi) is 5.50. The van der Waals surface area contributed by atoms with E-state index in [4.69, 9.17) is 5.73 Å². The largest absolute Gasteiger partial charge is 0.326 e. The first-order valence-corrected chi connectivity index (χ1v) is 8.27. The lowest BCUT2D eigenvalue weighted by Gasteiger charge is -2.41. The number of nitrogens with zero attached hydrogens (tertiary/aromatic N) is 1. The van der Waals surface area contributed by atoms with Crippen LogP contribution < -0.4 is 5.73 Å². The normalized spacial score (nSPS) is 33.0. The Labute approximate surface area is 113 Å². The molecule has 0 saturated heterocycles. The molecule has 2 heteroatoms. The first-order chi connectivity index (χ1) is 8.76. The van der Waals surface area contributed by atoms with E-state index in [1.165, 1.54) is 64.3 Å². The van der Waals surface area contributed by atoms with Gasteiger partial charge in [0.2, 0.25) is 0 Å². The SMILES string of the molecule is CCCCN(C1CC1)C1CC(CCC)CCC1N. The lowest BCUT2D eigenvalue weighted by atomic mass is 9.79. The lowest BCUT2D eigenvalue weighted by molar-refractivity contribution is 0.0995. The van der Waals surface area contributed by atoms with E-state index < -0.39 is 0 Å². The number of hydrogen-bond donors (Lipinski definition) is 1. The topological polar surface area (TPSA) is 29.3 Å². The Hall–Kier alpha value is -0.0800. The predicted octanol–water partition coefficient (Wildman–Crippen LogP) is 3.55. The van der Waals surface area contributed by atoms with Crippen molar-refractivity contribution in [1.29, 1.82) is 0 Å². The molecule has 3 unspecified atom stereocenters. The van der Waals surface area contributed by atoms with Crippen LogP contribution in [0.3, 0.4) is 0 Å². The van der Waals surface area contributed by atoms with Gasteiger partial charge in [0.05, 0.1) is 0 Å². The molecule has 0 heterocycles. The Morgan fingerprint density at radius 1 is 1.06 bits per heavy atom. The highest BCUT2D eigenvalue weighted by atomic mass is 15.2. The van der Waals surface area contributed by atoms with Crippen molar-refractivity contribution in [1.82, 2.24) is 4.90 Å². The highest BCUT2D eigenvalue weighted by molar-refractivity contribution is 4.95. The minimum absolute atomic E-state index is 0.440. The first kappa shape index (κ1) is 14.3. The zero-order valence-electron chi connectivity index (χ0n) is 12.4.